The number of halogens is 1. The molecule has 0 aliphatic carbocycles. The SMILES string of the molecule is C/C=C\O[C@@H](Cc1ccc(Br)cc1)NC(=O)OC(C)(C)C. The van der Waals surface area contributed by atoms with Gasteiger partial charge in [0.05, 0.1) is 6.26 Å². The number of hydrogen-bond donors (Lipinski definition) is 1. The molecule has 0 bridgehead atoms. The van der Waals surface area contributed by atoms with Crippen LogP contribution in [0.1, 0.15) is 33.3 Å². The minimum atomic E-state index is -0.535. The number of alkyl carbamates (subject to hydrolysis) is 1. The van der Waals surface area contributed by atoms with Gasteiger partial charge in [0, 0.05) is 10.9 Å². The first-order valence-corrected chi connectivity index (χ1v) is 7.60. The van der Waals surface area contributed by atoms with Crippen LogP contribution in [-0.2, 0) is 15.9 Å². The van der Waals surface area contributed by atoms with Crippen molar-refractivity contribution in [3.8, 4) is 0 Å². The lowest BCUT2D eigenvalue weighted by atomic mass is 10.1. The fourth-order valence-electron chi connectivity index (χ4n) is 1.58. The smallest absolute Gasteiger partial charge is 0.410 e. The quantitative estimate of drug-likeness (QED) is 0.629. The summed E-state index contributed by atoms with van der Waals surface area (Å²) in [5.74, 6) is 0. The highest BCUT2D eigenvalue weighted by atomic mass is 79.9. The predicted molar refractivity (Wildman–Crippen MR) is 86.9 cm³/mol. The maximum absolute atomic E-state index is 11.8. The summed E-state index contributed by atoms with van der Waals surface area (Å²) in [7, 11) is 0. The lowest BCUT2D eigenvalue weighted by molar-refractivity contribution is 0.0325. The Morgan fingerprint density at radius 3 is 2.48 bits per heavy atom. The summed E-state index contributed by atoms with van der Waals surface area (Å²) in [6.45, 7) is 7.32. The van der Waals surface area contributed by atoms with E-state index in [2.05, 4.69) is 21.2 Å². The maximum Gasteiger partial charge on any atom is 0.410 e. The molecule has 1 aromatic rings. The molecule has 0 radical (unpaired) electrons. The predicted octanol–water partition coefficient (Wildman–Crippen LogP) is 4.39. The molecular formula is C16H22BrNO3. The molecule has 0 aromatic heterocycles. The molecule has 0 aliphatic rings. The van der Waals surface area contributed by atoms with Crippen LogP contribution in [-0.4, -0.2) is 17.9 Å². The van der Waals surface area contributed by atoms with Crippen LogP contribution in [0.2, 0.25) is 0 Å². The van der Waals surface area contributed by atoms with Crippen molar-refractivity contribution in [1.82, 2.24) is 5.32 Å². The molecular weight excluding hydrogens is 334 g/mol. The monoisotopic (exact) mass is 355 g/mol. The molecule has 1 aromatic carbocycles. The van der Waals surface area contributed by atoms with Crippen molar-refractivity contribution in [2.24, 2.45) is 0 Å². The molecule has 21 heavy (non-hydrogen) atoms. The number of carbonyl (C=O) groups is 1. The second-order valence-corrected chi connectivity index (χ2v) is 6.49. The molecule has 4 nitrogen and oxygen atoms in total. The average molecular weight is 356 g/mol. The van der Waals surface area contributed by atoms with Crippen molar-refractivity contribution >= 4 is 22.0 Å². The van der Waals surface area contributed by atoms with Crippen molar-refractivity contribution in [3.05, 3.63) is 46.6 Å². The van der Waals surface area contributed by atoms with Gasteiger partial charge in [0.15, 0.2) is 6.23 Å². The van der Waals surface area contributed by atoms with E-state index in [0.717, 1.165) is 10.0 Å². The third kappa shape index (κ3) is 7.75. The van der Waals surface area contributed by atoms with Crippen LogP contribution < -0.4 is 5.32 Å². The maximum atomic E-state index is 11.8. The summed E-state index contributed by atoms with van der Waals surface area (Å²) < 4.78 is 11.8. The van der Waals surface area contributed by atoms with Crippen molar-refractivity contribution < 1.29 is 14.3 Å². The first kappa shape index (κ1) is 17.6. The fourth-order valence-corrected chi connectivity index (χ4v) is 1.84. The molecule has 0 fully saturated rings. The molecule has 0 aliphatic heterocycles. The van der Waals surface area contributed by atoms with Crippen LogP contribution in [0.15, 0.2) is 41.1 Å². The Balaban J connectivity index is 2.67. The Kier molecular flexibility index (Phi) is 6.75. The summed E-state index contributed by atoms with van der Waals surface area (Å²) in [5, 5.41) is 2.73. The molecule has 0 heterocycles. The molecule has 0 spiro atoms. The number of nitrogens with one attached hydrogen (secondary N) is 1. The molecule has 0 saturated heterocycles. The topological polar surface area (TPSA) is 47.6 Å². The summed E-state index contributed by atoms with van der Waals surface area (Å²) >= 11 is 3.39. The van der Waals surface area contributed by atoms with Gasteiger partial charge in [-0.1, -0.05) is 34.1 Å². The number of rotatable bonds is 5. The Morgan fingerprint density at radius 2 is 1.95 bits per heavy atom. The van der Waals surface area contributed by atoms with Crippen LogP contribution in [0.25, 0.3) is 0 Å². The second kappa shape index (κ2) is 8.08. The van der Waals surface area contributed by atoms with Crippen LogP contribution in [0.5, 0.6) is 0 Å². The van der Waals surface area contributed by atoms with Gasteiger partial charge >= 0.3 is 6.09 Å². The number of amides is 1. The van der Waals surface area contributed by atoms with E-state index in [0.29, 0.717) is 6.42 Å². The highest BCUT2D eigenvalue weighted by Crippen LogP contribution is 2.13. The van der Waals surface area contributed by atoms with Gasteiger partial charge in [-0.15, -0.1) is 0 Å². The third-order valence-electron chi connectivity index (χ3n) is 2.39. The molecule has 0 saturated carbocycles. The Hall–Kier alpha value is -1.49. The Bertz CT molecular complexity index is 477. The van der Waals surface area contributed by atoms with Gasteiger partial charge < -0.3 is 9.47 Å². The van der Waals surface area contributed by atoms with Crippen molar-refractivity contribution in [2.45, 2.75) is 45.9 Å². The molecule has 116 valence electrons. The van der Waals surface area contributed by atoms with E-state index in [1.807, 2.05) is 52.0 Å². The van der Waals surface area contributed by atoms with Gasteiger partial charge in [0.1, 0.15) is 5.60 Å². The van der Waals surface area contributed by atoms with E-state index in [1.54, 1.807) is 12.3 Å². The molecule has 5 heteroatoms. The van der Waals surface area contributed by atoms with Crippen LogP contribution in [0.3, 0.4) is 0 Å². The first-order valence-electron chi connectivity index (χ1n) is 6.81. The van der Waals surface area contributed by atoms with Crippen LogP contribution in [0, 0.1) is 0 Å². The highest BCUT2D eigenvalue weighted by Gasteiger charge is 2.20. The average Bonchev–Trinajstić information content (AvgIpc) is 2.36. The fraction of sp³-hybridized carbons (Fsp3) is 0.438. The first-order chi connectivity index (χ1) is 9.80. The van der Waals surface area contributed by atoms with E-state index >= 15 is 0 Å². The zero-order valence-corrected chi connectivity index (χ0v) is 14.4. The van der Waals surface area contributed by atoms with E-state index in [4.69, 9.17) is 9.47 Å². The summed E-state index contributed by atoms with van der Waals surface area (Å²) in [4.78, 5) is 11.8. The molecule has 1 N–H and O–H groups in total. The molecule has 1 rings (SSSR count). The zero-order valence-electron chi connectivity index (χ0n) is 12.9. The molecule has 1 amide bonds. The summed E-state index contributed by atoms with van der Waals surface area (Å²) in [5.41, 5.74) is 0.524. The van der Waals surface area contributed by atoms with Crippen molar-refractivity contribution in [2.75, 3.05) is 0 Å². The largest absolute Gasteiger partial charge is 0.478 e. The highest BCUT2D eigenvalue weighted by molar-refractivity contribution is 9.10. The number of ether oxygens (including phenoxy) is 2. The lowest BCUT2D eigenvalue weighted by Gasteiger charge is -2.23. The number of benzene rings is 1. The number of carbonyl (C=O) groups excluding carboxylic acids is 1. The van der Waals surface area contributed by atoms with E-state index in [9.17, 15) is 4.79 Å². The lowest BCUT2D eigenvalue weighted by Crippen LogP contribution is -2.41. The minimum Gasteiger partial charge on any atom is -0.478 e. The Morgan fingerprint density at radius 1 is 1.33 bits per heavy atom. The van der Waals surface area contributed by atoms with Crippen molar-refractivity contribution in [3.63, 3.8) is 0 Å². The molecule has 0 unspecified atom stereocenters. The van der Waals surface area contributed by atoms with E-state index in [-0.39, 0.29) is 0 Å². The number of allylic oxidation sites excluding steroid dienone is 1. The van der Waals surface area contributed by atoms with Crippen molar-refractivity contribution in [1.29, 1.82) is 0 Å². The zero-order chi connectivity index (χ0) is 15.9. The van der Waals surface area contributed by atoms with Crippen LogP contribution >= 0.6 is 15.9 Å². The second-order valence-electron chi connectivity index (χ2n) is 5.57. The summed E-state index contributed by atoms with van der Waals surface area (Å²) in [6, 6.07) is 7.87. The third-order valence-corrected chi connectivity index (χ3v) is 2.92. The standard InChI is InChI=1S/C16H22BrNO3/c1-5-10-20-14(18-15(19)21-16(2,3)4)11-12-6-8-13(17)9-7-12/h5-10,14H,11H2,1-4H3,(H,18,19)/b10-5-/t14-/m0/s1. The van der Waals surface area contributed by atoms with Gasteiger partial charge in [-0.3, -0.25) is 5.32 Å². The van der Waals surface area contributed by atoms with Gasteiger partial charge in [0.2, 0.25) is 0 Å². The Labute approximate surface area is 134 Å². The van der Waals surface area contributed by atoms with Gasteiger partial charge in [-0.2, -0.15) is 0 Å². The van der Waals surface area contributed by atoms with Gasteiger partial charge in [-0.25, -0.2) is 4.79 Å². The minimum absolute atomic E-state index is 0.475. The van der Waals surface area contributed by atoms with E-state index < -0.39 is 17.9 Å². The van der Waals surface area contributed by atoms with E-state index in [1.165, 1.54) is 0 Å². The normalized spacial score (nSPS) is 13.0. The summed E-state index contributed by atoms with van der Waals surface area (Å²) in [6.07, 6.45) is 2.91. The molecule has 1 atom stereocenters. The van der Waals surface area contributed by atoms with Gasteiger partial charge in [0.25, 0.3) is 0 Å². The van der Waals surface area contributed by atoms with Crippen LogP contribution in [0.4, 0.5) is 4.79 Å². The number of hydrogen-bond acceptors (Lipinski definition) is 3. The van der Waals surface area contributed by atoms with Gasteiger partial charge in [-0.05, 0) is 45.4 Å².